The van der Waals surface area contributed by atoms with Crippen LogP contribution >= 0.6 is 22.6 Å². The molecule has 3 aromatic heterocycles. The van der Waals surface area contributed by atoms with Gasteiger partial charge in [0.2, 0.25) is 5.88 Å². The second-order valence-corrected chi connectivity index (χ2v) is 13.8. The first-order valence-electron chi connectivity index (χ1n) is 15.5. The van der Waals surface area contributed by atoms with E-state index in [1.807, 2.05) is 41.7 Å². The van der Waals surface area contributed by atoms with E-state index in [0.717, 1.165) is 68.6 Å². The van der Waals surface area contributed by atoms with Crippen LogP contribution in [0.15, 0.2) is 30.4 Å². The van der Waals surface area contributed by atoms with E-state index in [9.17, 15) is 0 Å². The molecule has 0 amide bonds. The standard InChI is InChI=1S/C32H42BIN6O5/c1-21-26(36-38(6)29(21)34)20-41-16-17-43-30-24(19-35-39(30)7)22-11-12-27-23(18-22)25(37-40(27)28-10-8-9-15-42-28)13-14-33-44-31(2,3)32(4,5)45-33/h11-14,18-19,28H,8-10,15-17,20H2,1-7H3/b14-13+. The normalized spacial score (nSPS) is 19.7. The number of aromatic nitrogens is 6. The molecule has 1 atom stereocenters. The molecule has 2 aliphatic rings. The third-order valence-corrected chi connectivity index (χ3v) is 10.6. The van der Waals surface area contributed by atoms with Crippen LogP contribution in [0.25, 0.3) is 28.1 Å². The van der Waals surface area contributed by atoms with Crippen LogP contribution in [0.2, 0.25) is 0 Å². The highest BCUT2D eigenvalue weighted by molar-refractivity contribution is 14.1. The second-order valence-electron chi connectivity index (χ2n) is 12.7. The molecule has 1 aromatic carbocycles. The zero-order valence-corrected chi connectivity index (χ0v) is 29.3. The molecule has 1 unspecified atom stereocenters. The Kier molecular flexibility index (Phi) is 9.19. The topological polar surface area (TPSA) is 99.6 Å². The lowest BCUT2D eigenvalue weighted by Crippen LogP contribution is -2.41. The first kappa shape index (κ1) is 32.2. The van der Waals surface area contributed by atoms with Crippen molar-refractivity contribution in [2.45, 2.75) is 77.9 Å². The molecule has 13 heteroatoms. The molecule has 2 saturated heterocycles. The first-order valence-corrected chi connectivity index (χ1v) is 16.6. The molecule has 45 heavy (non-hydrogen) atoms. The SMILES string of the molecule is Cc1c(COCCOc2c(-c3ccc4c(c3)c(/C=C/B3OC(C)(C)C(C)(C)O3)nn4C3CCCCO3)cnn2C)nn(C)c1I. The number of hydrogen-bond acceptors (Lipinski definition) is 8. The van der Waals surface area contributed by atoms with Crippen LogP contribution in [0.1, 0.15) is 70.1 Å². The maximum absolute atomic E-state index is 6.22. The fourth-order valence-corrected chi connectivity index (χ4v) is 6.11. The largest absolute Gasteiger partial charge is 0.487 e. The summed E-state index contributed by atoms with van der Waals surface area (Å²) >= 11 is 2.30. The van der Waals surface area contributed by atoms with E-state index in [-0.39, 0.29) is 6.23 Å². The number of rotatable bonds is 10. The monoisotopic (exact) mass is 728 g/mol. The van der Waals surface area contributed by atoms with E-state index in [1.54, 1.807) is 4.68 Å². The molecular weight excluding hydrogens is 686 g/mol. The molecule has 4 aromatic rings. The summed E-state index contributed by atoms with van der Waals surface area (Å²) in [7, 11) is 3.36. The zero-order chi connectivity index (χ0) is 31.9. The van der Waals surface area contributed by atoms with E-state index in [0.29, 0.717) is 25.7 Å². The van der Waals surface area contributed by atoms with Gasteiger partial charge in [-0.05, 0) is 100 Å². The molecule has 11 nitrogen and oxygen atoms in total. The van der Waals surface area contributed by atoms with E-state index in [2.05, 4.69) is 85.6 Å². The van der Waals surface area contributed by atoms with Crippen molar-refractivity contribution < 1.29 is 23.5 Å². The molecule has 2 aliphatic heterocycles. The number of hydrogen-bond donors (Lipinski definition) is 0. The molecule has 0 aliphatic carbocycles. The lowest BCUT2D eigenvalue weighted by Gasteiger charge is -2.32. The highest BCUT2D eigenvalue weighted by Crippen LogP contribution is 2.38. The van der Waals surface area contributed by atoms with Crippen molar-refractivity contribution >= 4 is 46.7 Å². The van der Waals surface area contributed by atoms with Gasteiger partial charge >= 0.3 is 7.12 Å². The maximum atomic E-state index is 6.22. The highest BCUT2D eigenvalue weighted by Gasteiger charge is 2.50. The fraction of sp³-hybridized carbons (Fsp3) is 0.531. The fourth-order valence-electron chi connectivity index (χ4n) is 5.69. The Morgan fingerprint density at radius 3 is 2.53 bits per heavy atom. The number of fused-ring (bicyclic) bond motifs is 1. The van der Waals surface area contributed by atoms with Crippen molar-refractivity contribution in [2.24, 2.45) is 14.1 Å². The smallest absolute Gasteiger partial charge is 0.475 e. The third-order valence-electron chi connectivity index (χ3n) is 9.04. The summed E-state index contributed by atoms with van der Waals surface area (Å²) in [4.78, 5) is 0. The van der Waals surface area contributed by atoms with E-state index in [4.69, 9.17) is 28.6 Å². The molecule has 2 fully saturated rings. The molecular formula is C32H42BIN6O5. The highest BCUT2D eigenvalue weighted by atomic mass is 127. The Bertz CT molecular complexity index is 1690. The van der Waals surface area contributed by atoms with Crippen LogP contribution in [-0.2, 0) is 39.5 Å². The van der Waals surface area contributed by atoms with Crippen molar-refractivity contribution in [3.63, 3.8) is 0 Å². The van der Waals surface area contributed by atoms with Gasteiger partial charge in [0.1, 0.15) is 10.3 Å². The van der Waals surface area contributed by atoms with Gasteiger partial charge in [-0.25, -0.2) is 9.36 Å². The minimum atomic E-state index is -0.463. The average Bonchev–Trinajstić information content (AvgIpc) is 3.69. The Morgan fingerprint density at radius 1 is 1.07 bits per heavy atom. The van der Waals surface area contributed by atoms with Gasteiger partial charge in [0.25, 0.3) is 0 Å². The molecule has 240 valence electrons. The third kappa shape index (κ3) is 6.46. The molecule has 5 heterocycles. The summed E-state index contributed by atoms with van der Waals surface area (Å²) in [6.07, 6.45) is 6.86. The van der Waals surface area contributed by atoms with Gasteiger partial charge in [0.15, 0.2) is 6.23 Å². The lowest BCUT2D eigenvalue weighted by atomic mass is 9.89. The maximum Gasteiger partial charge on any atom is 0.487 e. The van der Waals surface area contributed by atoms with Gasteiger partial charge in [-0.3, -0.25) is 4.68 Å². The summed E-state index contributed by atoms with van der Waals surface area (Å²) in [5, 5.41) is 15.1. The molecule has 6 rings (SSSR count). The summed E-state index contributed by atoms with van der Waals surface area (Å²) in [5.41, 5.74) is 4.99. The molecule has 0 saturated carbocycles. The quantitative estimate of drug-likeness (QED) is 0.111. The molecule has 0 bridgehead atoms. The van der Waals surface area contributed by atoms with Crippen LogP contribution in [0.5, 0.6) is 5.88 Å². The van der Waals surface area contributed by atoms with Gasteiger partial charge in [-0.1, -0.05) is 12.0 Å². The molecule has 0 spiro atoms. The van der Waals surface area contributed by atoms with E-state index in [1.165, 1.54) is 0 Å². The average molecular weight is 728 g/mol. The van der Waals surface area contributed by atoms with Gasteiger partial charge < -0.3 is 23.5 Å². The summed E-state index contributed by atoms with van der Waals surface area (Å²) in [6.45, 7) is 12.3. The number of ether oxygens (including phenoxy) is 3. The Labute approximate surface area is 278 Å². The number of aryl methyl sites for hydroxylation is 2. The van der Waals surface area contributed by atoms with Gasteiger partial charge in [0, 0.05) is 31.7 Å². The lowest BCUT2D eigenvalue weighted by molar-refractivity contribution is -0.0367. The van der Waals surface area contributed by atoms with E-state index < -0.39 is 18.3 Å². The number of benzene rings is 1. The van der Waals surface area contributed by atoms with Crippen LogP contribution < -0.4 is 4.74 Å². The van der Waals surface area contributed by atoms with Crippen molar-refractivity contribution in [1.29, 1.82) is 0 Å². The van der Waals surface area contributed by atoms with Crippen molar-refractivity contribution in [3.05, 3.63) is 51.0 Å². The summed E-state index contributed by atoms with van der Waals surface area (Å²) in [5.74, 6) is 2.63. The zero-order valence-electron chi connectivity index (χ0n) is 27.2. The second kappa shape index (κ2) is 12.8. The minimum absolute atomic E-state index is 0.0956. The van der Waals surface area contributed by atoms with Crippen molar-refractivity contribution in [3.8, 4) is 17.0 Å². The van der Waals surface area contributed by atoms with E-state index >= 15 is 0 Å². The Morgan fingerprint density at radius 2 is 1.84 bits per heavy atom. The summed E-state index contributed by atoms with van der Waals surface area (Å²) < 4.78 is 37.4. The molecule has 0 radical (unpaired) electrons. The Balaban J connectivity index is 1.23. The van der Waals surface area contributed by atoms with Crippen LogP contribution in [-0.4, -0.2) is 67.5 Å². The number of nitrogens with zero attached hydrogens (tertiary/aromatic N) is 6. The van der Waals surface area contributed by atoms with Crippen LogP contribution in [0.3, 0.4) is 0 Å². The number of halogens is 1. The predicted molar refractivity (Wildman–Crippen MR) is 182 cm³/mol. The van der Waals surface area contributed by atoms with Gasteiger partial charge in [0.05, 0.1) is 53.1 Å². The molecule has 0 N–H and O–H groups in total. The van der Waals surface area contributed by atoms with Crippen molar-refractivity contribution in [2.75, 3.05) is 19.8 Å². The van der Waals surface area contributed by atoms with Crippen molar-refractivity contribution in [1.82, 2.24) is 29.3 Å². The minimum Gasteiger partial charge on any atom is -0.475 e. The predicted octanol–water partition coefficient (Wildman–Crippen LogP) is 6.02. The summed E-state index contributed by atoms with van der Waals surface area (Å²) in [6, 6.07) is 6.35. The van der Waals surface area contributed by atoms with Gasteiger partial charge in [-0.2, -0.15) is 15.3 Å². The van der Waals surface area contributed by atoms with Gasteiger partial charge in [-0.15, -0.1) is 0 Å². The Hall–Kier alpha value is -2.72. The first-order chi connectivity index (χ1) is 21.4. The van der Waals surface area contributed by atoms with Crippen LogP contribution in [0.4, 0.5) is 0 Å². The van der Waals surface area contributed by atoms with Crippen LogP contribution in [0, 0.1) is 10.6 Å².